The quantitative estimate of drug-likeness (QED) is 0.666. The van der Waals surface area contributed by atoms with Gasteiger partial charge >= 0.3 is 0 Å². The zero-order chi connectivity index (χ0) is 11.7. The monoisotopic (exact) mass is 224 g/mol. The topological polar surface area (TPSA) is 88.8 Å². The fraction of sp³-hybridized carbons (Fsp3) is 0.200. The van der Waals surface area contributed by atoms with Crippen LogP contribution in [0.25, 0.3) is 5.57 Å². The van der Waals surface area contributed by atoms with Crippen LogP contribution in [0.2, 0.25) is 0 Å². The Morgan fingerprint density at radius 1 is 1.47 bits per heavy atom. The fourth-order valence-electron chi connectivity index (χ4n) is 0.843. The molecule has 0 amide bonds. The molecule has 4 nitrogen and oxygen atoms in total. The normalized spacial score (nSPS) is 10.1. The SMILES string of the molecule is CSC.N=C/C(=C\N)c1cncc(N)c1. The highest BCUT2D eigenvalue weighted by molar-refractivity contribution is 7.97. The molecule has 0 fully saturated rings. The Hall–Kier alpha value is -1.49. The van der Waals surface area contributed by atoms with Crippen molar-refractivity contribution in [1.82, 2.24) is 4.98 Å². The van der Waals surface area contributed by atoms with E-state index in [0.29, 0.717) is 11.3 Å². The van der Waals surface area contributed by atoms with Gasteiger partial charge in [0, 0.05) is 35.9 Å². The van der Waals surface area contributed by atoms with E-state index in [9.17, 15) is 0 Å². The Labute approximate surface area is 94.3 Å². The molecule has 0 bridgehead atoms. The first-order chi connectivity index (χ1) is 7.19. The zero-order valence-corrected chi connectivity index (χ0v) is 9.71. The summed E-state index contributed by atoms with van der Waals surface area (Å²) in [6.45, 7) is 0. The molecule has 15 heavy (non-hydrogen) atoms. The Bertz CT molecular complexity index is 336. The van der Waals surface area contributed by atoms with E-state index in [1.165, 1.54) is 6.20 Å². The lowest BCUT2D eigenvalue weighted by molar-refractivity contribution is 1.31. The Morgan fingerprint density at radius 3 is 2.47 bits per heavy atom. The minimum absolute atomic E-state index is 0.564. The van der Waals surface area contributed by atoms with E-state index >= 15 is 0 Å². The van der Waals surface area contributed by atoms with Crippen LogP contribution < -0.4 is 11.5 Å². The largest absolute Gasteiger partial charge is 0.404 e. The summed E-state index contributed by atoms with van der Waals surface area (Å²) in [5.41, 5.74) is 12.7. The minimum Gasteiger partial charge on any atom is -0.404 e. The van der Waals surface area contributed by atoms with Gasteiger partial charge in [-0.05, 0) is 18.6 Å². The summed E-state index contributed by atoms with van der Waals surface area (Å²) in [4.78, 5) is 3.88. The highest BCUT2D eigenvalue weighted by Gasteiger charge is 1.97. The molecule has 82 valence electrons. The maximum Gasteiger partial charge on any atom is 0.0506 e. The van der Waals surface area contributed by atoms with Crippen molar-refractivity contribution in [2.45, 2.75) is 0 Å². The highest BCUT2D eigenvalue weighted by Crippen LogP contribution is 2.11. The summed E-state index contributed by atoms with van der Waals surface area (Å²) < 4.78 is 0. The van der Waals surface area contributed by atoms with Gasteiger partial charge < -0.3 is 16.9 Å². The number of nitrogens with two attached hydrogens (primary N) is 2. The van der Waals surface area contributed by atoms with E-state index in [1.807, 2.05) is 12.5 Å². The maximum atomic E-state index is 7.03. The van der Waals surface area contributed by atoms with E-state index in [0.717, 1.165) is 11.8 Å². The number of nitrogens with zero attached hydrogens (tertiary/aromatic N) is 1. The van der Waals surface area contributed by atoms with Crippen LogP contribution >= 0.6 is 11.8 Å². The summed E-state index contributed by atoms with van der Waals surface area (Å²) in [7, 11) is 0. The molecule has 1 rings (SSSR count). The number of thioether (sulfide) groups is 1. The molecule has 0 radical (unpaired) electrons. The van der Waals surface area contributed by atoms with Crippen LogP contribution in [0, 0.1) is 5.41 Å². The predicted molar refractivity (Wildman–Crippen MR) is 69.0 cm³/mol. The van der Waals surface area contributed by atoms with Crippen molar-refractivity contribution in [3.8, 4) is 0 Å². The van der Waals surface area contributed by atoms with Crippen molar-refractivity contribution in [3.05, 3.63) is 30.2 Å². The molecule has 1 aromatic heterocycles. The molecule has 1 heterocycles. The van der Waals surface area contributed by atoms with Gasteiger partial charge in [-0.1, -0.05) is 0 Å². The second kappa shape index (κ2) is 7.87. The average molecular weight is 224 g/mol. The van der Waals surface area contributed by atoms with Crippen molar-refractivity contribution in [1.29, 1.82) is 5.41 Å². The van der Waals surface area contributed by atoms with Gasteiger partial charge in [-0.25, -0.2) is 0 Å². The van der Waals surface area contributed by atoms with Crippen LogP contribution in [0.15, 0.2) is 24.7 Å². The Kier molecular flexibility index (Phi) is 7.09. The predicted octanol–water partition coefficient (Wildman–Crippen LogP) is 1.59. The lowest BCUT2D eigenvalue weighted by Gasteiger charge is -1.99. The summed E-state index contributed by atoms with van der Waals surface area (Å²) >= 11 is 1.75. The molecular formula is C10H16N4S. The molecule has 0 aliphatic rings. The number of hydrogen-bond acceptors (Lipinski definition) is 5. The molecule has 5 heteroatoms. The van der Waals surface area contributed by atoms with E-state index < -0.39 is 0 Å². The number of nitrogens with one attached hydrogen (secondary N) is 1. The van der Waals surface area contributed by atoms with E-state index in [-0.39, 0.29) is 0 Å². The number of pyridine rings is 1. The van der Waals surface area contributed by atoms with Gasteiger partial charge in [0.1, 0.15) is 0 Å². The first-order valence-corrected chi connectivity index (χ1v) is 5.86. The van der Waals surface area contributed by atoms with E-state index in [4.69, 9.17) is 16.9 Å². The third-order valence-corrected chi connectivity index (χ3v) is 1.43. The highest BCUT2D eigenvalue weighted by atomic mass is 32.2. The average Bonchev–Trinajstić information content (AvgIpc) is 2.21. The van der Waals surface area contributed by atoms with Crippen molar-refractivity contribution in [2.75, 3.05) is 18.2 Å². The van der Waals surface area contributed by atoms with Gasteiger partial charge in [0.2, 0.25) is 0 Å². The molecule has 0 saturated carbocycles. The molecule has 0 aromatic carbocycles. The standard InChI is InChI=1S/C8H10N4.C2H6S/c9-2-7(3-10)6-1-8(11)5-12-4-6;1-3-2/h1-5,9H,10-11H2;1-2H3/b7-3+,9-2?;. The number of nitrogen functional groups attached to an aromatic ring is 1. The third-order valence-electron chi connectivity index (χ3n) is 1.43. The number of allylic oxidation sites excluding steroid dienone is 1. The molecule has 5 N–H and O–H groups in total. The minimum atomic E-state index is 0.564. The molecule has 0 unspecified atom stereocenters. The molecule has 0 aliphatic heterocycles. The summed E-state index contributed by atoms with van der Waals surface area (Å²) in [6.07, 6.45) is 9.75. The second-order valence-electron chi connectivity index (χ2n) is 2.68. The molecule has 1 aromatic rings. The number of anilines is 1. The van der Waals surface area contributed by atoms with Gasteiger partial charge in [-0.2, -0.15) is 11.8 Å². The maximum absolute atomic E-state index is 7.03. The van der Waals surface area contributed by atoms with E-state index in [2.05, 4.69) is 4.98 Å². The van der Waals surface area contributed by atoms with Crippen LogP contribution in [-0.4, -0.2) is 23.7 Å². The zero-order valence-electron chi connectivity index (χ0n) is 8.90. The van der Waals surface area contributed by atoms with Crippen molar-refractivity contribution in [3.63, 3.8) is 0 Å². The van der Waals surface area contributed by atoms with E-state index in [1.54, 1.807) is 30.2 Å². The number of rotatable bonds is 2. The van der Waals surface area contributed by atoms with Crippen LogP contribution in [0.1, 0.15) is 5.56 Å². The first kappa shape index (κ1) is 13.5. The van der Waals surface area contributed by atoms with Crippen molar-refractivity contribution < 1.29 is 0 Å². The van der Waals surface area contributed by atoms with Crippen LogP contribution in [0.3, 0.4) is 0 Å². The molecule has 0 spiro atoms. The Morgan fingerprint density at radius 2 is 2.07 bits per heavy atom. The molecule has 0 aliphatic carbocycles. The summed E-state index contributed by atoms with van der Waals surface area (Å²) in [5, 5.41) is 7.03. The summed E-state index contributed by atoms with van der Waals surface area (Å²) in [6, 6.07) is 1.72. The molecule has 0 atom stereocenters. The van der Waals surface area contributed by atoms with Gasteiger partial charge in [0.15, 0.2) is 0 Å². The van der Waals surface area contributed by atoms with Crippen LogP contribution in [-0.2, 0) is 0 Å². The summed E-state index contributed by atoms with van der Waals surface area (Å²) in [5.74, 6) is 0. The van der Waals surface area contributed by atoms with Crippen LogP contribution in [0.4, 0.5) is 5.69 Å². The molecular weight excluding hydrogens is 208 g/mol. The lowest BCUT2D eigenvalue weighted by atomic mass is 10.1. The van der Waals surface area contributed by atoms with Gasteiger partial charge in [-0.3, -0.25) is 4.98 Å². The van der Waals surface area contributed by atoms with Gasteiger partial charge in [0.05, 0.1) is 5.69 Å². The lowest BCUT2D eigenvalue weighted by Crippen LogP contribution is -1.93. The van der Waals surface area contributed by atoms with Gasteiger partial charge in [-0.15, -0.1) is 0 Å². The number of aromatic nitrogens is 1. The molecule has 0 saturated heterocycles. The van der Waals surface area contributed by atoms with Crippen molar-refractivity contribution >= 4 is 29.2 Å². The van der Waals surface area contributed by atoms with Gasteiger partial charge in [0.25, 0.3) is 0 Å². The smallest absolute Gasteiger partial charge is 0.0506 e. The third kappa shape index (κ3) is 5.07. The number of hydrogen-bond donors (Lipinski definition) is 3. The van der Waals surface area contributed by atoms with Crippen LogP contribution in [0.5, 0.6) is 0 Å². The fourth-order valence-corrected chi connectivity index (χ4v) is 0.843. The Balaban J connectivity index is 0.000000583. The van der Waals surface area contributed by atoms with Crippen molar-refractivity contribution in [2.24, 2.45) is 5.73 Å². The second-order valence-corrected chi connectivity index (χ2v) is 3.50. The first-order valence-electron chi connectivity index (χ1n) is 4.23.